The van der Waals surface area contributed by atoms with E-state index < -0.39 is 0 Å². The number of benzene rings is 1. The highest BCUT2D eigenvalue weighted by atomic mass is 16.1. The molecular weight excluding hydrogens is 214 g/mol. The molecule has 0 fully saturated rings. The zero-order valence-corrected chi connectivity index (χ0v) is 10.8. The first kappa shape index (κ1) is 13.5. The molecule has 0 saturated heterocycles. The Balaban J connectivity index is 2.44. The molecule has 0 aromatic heterocycles. The van der Waals surface area contributed by atoms with Crippen LogP contribution in [0.4, 0.5) is 5.69 Å². The van der Waals surface area contributed by atoms with E-state index in [4.69, 9.17) is 5.73 Å². The van der Waals surface area contributed by atoms with Crippen molar-refractivity contribution in [2.45, 2.75) is 13.3 Å². The molecule has 1 amide bonds. The molecule has 0 aliphatic rings. The Morgan fingerprint density at radius 3 is 2.71 bits per heavy atom. The molecule has 94 valence electrons. The fourth-order valence-electron chi connectivity index (χ4n) is 1.52. The minimum atomic E-state index is -0.0353. The van der Waals surface area contributed by atoms with Crippen LogP contribution in [-0.4, -0.2) is 38.0 Å². The Morgan fingerprint density at radius 2 is 2.12 bits per heavy atom. The smallest absolute Gasteiger partial charge is 0.251 e. The Hall–Kier alpha value is -1.55. The maximum absolute atomic E-state index is 11.8. The van der Waals surface area contributed by atoms with E-state index in [9.17, 15) is 4.79 Å². The maximum atomic E-state index is 11.8. The van der Waals surface area contributed by atoms with Gasteiger partial charge < -0.3 is 16.0 Å². The van der Waals surface area contributed by atoms with Crippen LogP contribution in [-0.2, 0) is 0 Å². The zero-order chi connectivity index (χ0) is 12.8. The van der Waals surface area contributed by atoms with Crippen LogP contribution in [0, 0.1) is 6.92 Å². The SMILES string of the molecule is Cc1cc(C(=O)NCCCN(C)C)ccc1N. The van der Waals surface area contributed by atoms with Gasteiger partial charge in [0.25, 0.3) is 5.91 Å². The van der Waals surface area contributed by atoms with Crippen LogP contribution in [0.25, 0.3) is 0 Å². The number of aryl methyl sites for hydroxylation is 1. The number of nitrogens with two attached hydrogens (primary N) is 1. The minimum Gasteiger partial charge on any atom is -0.399 e. The molecule has 0 saturated carbocycles. The van der Waals surface area contributed by atoms with E-state index in [1.54, 1.807) is 12.1 Å². The lowest BCUT2D eigenvalue weighted by Gasteiger charge is -2.10. The Kier molecular flexibility index (Phi) is 4.97. The number of nitrogens with one attached hydrogen (secondary N) is 1. The van der Waals surface area contributed by atoms with Crippen molar-refractivity contribution in [3.63, 3.8) is 0 Å². The van der Waals surface area contributed by atoms with Crippen LogP contribution in [0.2, 0.25) is 0 Å². The number of anilines is 1. The summed E-state index contributed by atoms with van der Waals surface area (Å²) in [6.45, 7) is 3.57. The number of hydrogen-bond acceptors (Lipinski definition) is 3. The Bertz CT molecular complexity index is 388. The lowest BCUT2D eigenvalue weighted by Crippen LogP contribution is -2.27. The van der Waals surface area contributed by atoms with E-state index in [-0.39, 0.29) is 5.91 Å². The van der Waals surface area contributed by atoms with E-state index in [1.807, 2.05) is 27.1 Å². The molecule has 4 heteroatoms. The summed E-state index contributed by atoms with van der Waals surface area (Å²) in [7, 11) is 4.04. The van der Waals surface area contributed by atoms with Crippen molar-refractivity contribution in [2.75, 3.05) is 32.9 Å². The molecule has 1 aromatic carbocycles. The van der Waals surface area contributed by atoms with Gasteiger partial charge in [-0.15, -0.1) is 0 Å². The molecule has 0 spiro atoms. The van der Waals surface area contributed by atoms with Gasteiger partial charge in [-0.3, -0.25) is 4.79 Å². The van der Waals surface area contributed by atoms with E-state index in [0.29, 0.717) is 17.8 Å². The summed E-state index contributed by atoms with van der Waals surface area (Å²) >= 11 is 0. The van der Waals surface area contributed by atoms with Crippen molar-refractivity contribution >= 4 is 11.6 Å². The molecule has 1 aromatic rings. The van der Waals surface area contributed by atoms with Crippen LogP contribution in [0.1, 0.15) is 22.3 Å². The summed E-state index contributed by atoms with van der Waals surface area (Å²) in [5.74, 6) is -0.0353. The molecule has 0 heterocycles. The van der Waals surface area contributed by atoms with Crippen LogP contribution >= 0.6 is 0 Å². The average Bonchev–Trinajstić information content (AvgIpc) is 2.27. The van der Waals surface area contributed by atoms with Crippen molar-refractivity contribution in [3.8, 4) is 0 Å². The van der Waals surface area contributed by atoms with E-state index in [2.05, 4.69) is 10.2 Å². The molecule has 0 aliphatic carbocycles. The van der Waals surface area contributed by atoms with Crippen LogP contribution < -0.4 is 11.1 Å². The maximum Gasteiger partial charge on any atom is 0.251 e. The van der Waals surface area contributed by atoms with Gasteiger partial charge in [-0.25, -0.2) is 0 Å². The third-order valence-corrected chi connectivity index (χ3v) is 2.60. The lowest BCUT2D eigenvalue weighted by atomic mass is 10.1. The van der Waals surface area contributed by atoms with Crippen molar-refractivity contribution in [1.29, 1.82) is 0 Å². The van der Waals surface area contributed by atoms with Crippen molar-refractivity contribution in [1.82, 2.24) is 10.2 Å². The number of hydrogen-bond donors (Lipinski definition) is 2. The van der Waals surface area contributed by atoms with Gasteiger partial charge in [0.15, 0.2) is 0 Å². The molecule has 0 radical (unpaired) electrons. The van der Waals surface area contributed by atoms with Gasteiger partial charge in [-0.05, 0) is 57.7 Å². The van der Waals surface area contributed by atoms with Crippen LogP contribution in [0.3, 0.4) is 0 Å². The summed E-state index contributed by atoms with van der Waals surface area (Å²) in [5.41, 5.74) is 8.03. The quantitative estimate of drug-likeness (QED) is 0.596. The fourth-order valence-corrected chi connectivity index (χ4v) is 1.52. The fraction of sp³-hybridized carbons (Fsp3) is 0.462. The summed E-state index contributed by atoms with van der Waals surface area (Å²) in [6.07, 6.45) is 0.951. The molecule has 3 N–H and O–H groups in total. The largest absolute Gasteiger partial charge is 0.399 e. The van der Waals surface area contributed by atoms with E-state index in [0.717, 1.165) is 18.5 Å². The molecule has 0 atom stereocenters. The highest BCUT2D eigenvalue weighted by Crippen LogP contribution is 2.12. The van der Waals surface area contributed by atoms with Gasteiger partial charge in [0.05, 0.1) is 0 Å². The average molecular weight is 235 g/mol. The van der Waals surface area contributed by atoms with Gasteiger partial charge in [-0.1, -0.05) is 0 Å². The second-order valence-corrected chi connectivity index (χ2v) is 4.48. The molecule has 0 aliphatic heterocycles. The predicted octanol–water partition coefficient (Wildman–Crippen LogP) is 1.26. The number of amides is 1. The first-order valence-corrected chi connectivity index (χ1v) is 5.80. The van der Waals surface area contributed by atoms with Crippen LogP contribution in [0.5, 0.6) is 0 Å². The van der Waals surface area contributed by atoms with Crippen molar-refractivity contribution in [2.24, 2.45) is 0 Å². The lowest BCUT2D eigenvalue weighted by molar-refractivity contribution is 0.0952. The highest BCUT2D eigenvalue weighted by Gasteiger charge is 2.05. The molecule has 0 unspecified atom stereocenters. The molecule has 0 bridgehead atoms. The van der Waals surface area contributed by atoms with Crippen molar-refractivity contribution in [3.05, 3.63) is 29.3 Å². The Morgan fingerprint density at radius 1 is 1.41 bits per heavy atom. The number of rotatable bonds is 5. The molecule has 4 nitrogen and oxygen atoms in total. The van der Waals surface area contributed by atoms with Gasteiger partial charge in [-0.2, -0.15) is 0 Å². The second kappa shape index (κ2) is 6.25. The van der Waals surface area contributed by atoms with Gasteiger partial charge in [0.1, 0.15) is 0 Å². The monoisotopic (exact) mass is 235 g/mol. The second-order valence-electron chi connectivity index (χ2n) is 4.48. The molecular formula is C13H21N3O. The number of carbonyl (C=O) groups is 1. The van der Waals surface area contributed by atoms with E-state index >= 15 is 0 Å². The van der Waals surface area contributed by atoms with E-state index in [1.165, 1.54) is 0 Å². The van der Waals surface area contributed by atoms with Crippen LogP contribution in [0.15, 0.2) is 18.2 Å². The third-order valence-electron chi connectivity index (χ3n) is 2.60. The van der Waals surface area contributed by atoms with Gasteiger partial charge in [0.2, 0.25) is 0 Å². The highest BCUT2D eigenvalue weighted by molar-refractivity contribution is 5.94. The summed E-state index contributed by atoms with van der Waals surface area (Å²) < 4.78 is 0. The predicted molar refractivity (Wildman–Crippen MR) is 71.1 cm³/mol. The normalized spacial score (nSPS) is 10.6. The topological polar surface area (TPSA) is 58.4 Å². The summed E-state index contributed by atoms with van der Waals surface area (Å²) in [4.78, 5) is 13.9. The van der Waals surface area contributed by atoms with Gasteiger partial charge in [0, 0.05) is 17.8 Å². The number of carbonyl (C=O) groups excluding carboxylic acids is 1. The third kappa shape index (κ3) is 4.44. The summed E-state index contributed by atoms with van der Waals surface area (Å²) in [5, 5.41) is 2.89. The zero-order valence-electron chi connectivity index (χ0n) is 10.8. The number of nitrogens with zero attached hydrogens (tertiary/aromatic N) is 1. The standard InChI is InChI=1S/C13H21N3O/c1-10-9-11(5-6-12(10)14)13(17)15-7-4-8-16(2)3/h5-6,9H,4,7-8,14H2,1-3H3,(H,15,17). The summed E-state index contributed by atoms with van der Waals surface area (Å²) in [6, 6.07) is 5.34. The van der Waals surface area contributed by atoms with Gasteiger partial charge >= 0.3 is 0 Å². The minimum absolute atomic E-state index is 0.0353. The molecule has 17 heavy (non-hydrogen) atoms. The molecule has 1 rings (SSSR count). The van der Waals surface area contributed by atoms with Crippen molar-refractivity contribution < 1.29 is 4.79 Å². The first-order chi connectivity index (χ1) is 8.00. The first-order valence-electron chi connectivity index (χ1n) is 5.80. The Labute approximate surface area is 103 Å². The number of nitrogen functional groups attached to an aromatic ring is 1.